The maximum Gasteiger partial charge on any atom is 0.254 e. The number of hydrogen-bond acceptors (Lipinski definition) is 4. The van der Waals surface area contributed by atoms with Gasteiger partial charge in [0, 0.05) is 18.3 Å². The van der Waals surface area contributed by atoms with Gasteiger partial charge in [-0.3, -0.25) is 4.79 Å². The number of aromatic nitrogens is 3. The molecule has 2 heterocycles. The Bertz CT molecular complexity index is 1220. The molecular formula is C22H18ClFN4O2. The number of rotatable bonds is 5. The third kappa shape index (κ3) is 3.59. The topological polar surface area (TPSA) is 68.5 Å². The van der Waals surface area contributed by atoms with Gasteiger partial charge in [0.05, 0.1) is 35.2 Å². The van der Waals surface area contributed by atoms with E-state index in [0.29, 0.717) is 29.0 Å². The van der Waals surface area contributed by atoms with E-state index in [1.54, 1.807) is 20.1 Å². The fraction of sp³-hybridized carbons (Fsp3) is 0.136. The molecule has 0 bridgehead atoms. The second kappa shape index (κ2) is 8.12. The summed E-state index contributed by atoms with van der Waals surface area (Å²) >= 11 is 6.18. The highest BCUT2D eigenvalue weighted by molar-refractivity contribution is 6.33. The fourth-order valence-corrected chi connectivity index (χ4v) is 3.49. The summed E-state index contributed by atoms with van der Waals surface area (Å²) in [6.07, 6.45) is 2.96. The highest BCUT2D eigenvalue weighted by Crippen LogP contribution is 2.33. The van der Waals surface area contributed by atoms with Crippen LogP contribution in [0.15, 0.2) is 54.9 Å². The Labute approximate surface area is 177 Å². The molecule has 1 N–H and O–H groups in total. The Morgan fingerprint density at radius 3 is 2.67 bits per heavy atom. The zero-order valence-electron chi connectivity index (χ0n) is 16.3. The second-order valence-electron chi connectivity index (χ2n) is 6.68. The predicted octanol–water partition coefficient (Wildman–Crippen LogP) is 4.44. The minimum Gasteiger partial charge on any atom is -0.497 e. The lowest BCUT2D eigenvalue weighted by Gasteiger charge is -2.10. The minimum atomic E-state index is -0.460. The first-order chi connectivity index (χ1) is 14.5. The van der Waals surface area contributed by atoms with Gasteiger partial charge in [0.25, 0.3) is 5.91 Å². The van der Waals surface area contributed by atoms with E-state index in [4.69, 9.17) is 16.3 Å². The highest BCUT2D eigenvalue weighted by atomic mass is 35.5. The Balaban J connectivity index is 1.61. The lowest BCUT2D eigenvalue weighted by Crippen LogP contribution is -2.24. The van der Waals surface area contributed by atoms with E-state index in [0.717, 1.165) is 11.3 Å². The van der Waals surface area contributed by atoms with Crippen molar-refractivity contribution < 1.29 is 13.9 Å². The molecule has 0 unspecified atom stereocenters. The number of nitrogens with zero attached hydrogens (tertiary/aromatic N) is 3. The maximum atomic E-state index is 14.3. The van der Waals surface area contributed by atoms with Gasteiger partial charge >= 0.3 is 0 Å². The highest BCUT2D eigenvalue weighted by Gasteiger charge is 2.19. The van der Waals surface area contributed by atoms with E-state index in [1.807, 2.05) is 24.3 Å². The van der Waals surface area contributed by atoms with Crippen LogP contribution in [0.2, 0.25) is 5.02 Å². The molecule has 2 aromatic carbocycles. The number of carbonyl (C=O) groups is 1. The molecule has 0 radical (unpaired) electrons. The van der Waals surface area contributed by atoms with E-state index in [-0.39, 0.29) is 16.5 Å². The van der Waals surface area contributed by atoms with Crippen LogP contribution in [0.4, 0.5) is 4.39 Å². The quantitative estimate of drug-likeness (QED) is 0.514. The molecule has 0 aliphatic carbocycles. The summed E-state index contributed by atoms with van der Waals surface area (Å²) in [4.78, 5) is 17.0. The fourth-order valence-electron chi connectivity index (χ4n) is 3.22. The van der Waals surface area contributed by atoms with Gasteiger partial charge in [0.2, 0.25) is 0 Å². The Hall–Kier alpha value is -3.45. The van der Waals surface area contributed by atoms with Crippen molar-refractivity contribution in [1.82, 2.24) is 19.9 Å². The number of halogens is 2. The van der Waals surface area contributed by atoms with Gasteiger partial charge in [0.1, 0.15) is 11.6 Å². The SMILES string of the molecule is COc1ccc(CNC(=O)c2cnc3c(-c4c(F)cccc4Cl)cnn3c2C)cc1. The van der Waals surface area contributed by atoms with Gasteiger partial charge in [0.15, 0.2) is 5.65 Å². The molecule has 0 fully saturated rings. The standard InChI is InChI=1S/C22H18ClFN4O2/c1-13-16(22(29)26-10-14-6-8-15(30-2)9-7-14)11-25-21-17(12-27-28(13)21)20-18(23)4-3-5-19(20)24/h3-9,11-12H,10H2,1-2H3,(H,26,29). The number of carbonyl (C=O) groups excluding carboxylic acids is 1. The number of ether oxygens (including phenoxy) is 1. The van der Waals surface area contributed by atoms with Crippen LogP contribution in [-0.2, 0) is 6.54 Å². The average Bonchev–Trinajstić information content (AvgIpc) is 3.17. The smallest absolute Gasteiger partial charge is 0.254 e. The molecule has 0 spiro atoms. The Kier molecular flexibility index (Phi) is 5.37. The predicted molar refractivity (Wildman–Crippen MR) is 112 cm³/mol. The molecule has 4 aromatic rings. The molecule has 30 heavy (non-hydrogen) atoms. The van der Waals surface area contributed by atoms with Crippen LogP contribution in [0.25, 0.3) is 16.8 Å². The third-order valence-electron chi connectivity index (χ3n) is 4.86. The van der Waals surface area contributed by atoms with Crippen LogP contribution >= 0.6 is 11.6 Å². The molecular weight excluding hydrogens is 407 g/mol. The zero-order valence-corrected chi connectivity index (χ0v) is 17.1. The first-order valence-electron chi connectivity index (χ1n) is 9.18. The summed E-state index contributed by atoms with van der Waals surface area (Å²) in [5.41, 5.74) is 3.03. The molecule has 4 rings (SSSR count). The number of nitrogens with one attached hydrogen (secondary N) is 1. The van der Waals surface area contributed by atoms with Gasteiger partial charge in [-0.2, -0.15) is 5.10 Å². The second-order valence-corrected chi connectivity index (χ2v) is 7.09. The summed E-state index contributed by atoms with van der Waals surface area (Å²) < 4.78 is 21.0. The molecule has 0 atom stereocenters. The van der Waals surface area contributed by atoms with Crippen LogP contribution in [0.3, 0.4) is 0 Å². The number of hydrogen-bond donors (Lipinski definition) is 1. The summed E-state index contributed by atoms with van der Waals surface area (Å²) in [5, 5.41) is 7.43. The molecule has 2 aromatic heterocycles. The van der Waals surface area contributed by atoms with E-state index < -0.39 is 5.82 Å². The van der Waals surface area contributed by atoms with Crippen LogP contribution in [0.1, 0.15) is 21.6 Å². The van der Waals surface area contributed by atoms with Crippen molar-refractivity contribution in [2.75, 3.05) is 7.11 Å². The number of aryl methyl sites for hydroxylation is 1. The van der Waals surface area contributed by atoms with Gasteiger partial charge < -0.3 is 10.1 Å². The summed E-state index contributed by atoms with van der Waals surface area (Å²) in [6, 6.07) is 11.9. The van der Waals surface area contributed by atoms with E-state index in [2.05, 4.69) is 15.4 Å². The molecule has 6 nitrogen and oxygen atoms in total. The number of amides is 1. The van der Waals surface area contributed by atoms with Crippen molar-refractivity contribution in [1.29, 1.82) is 0 Å². The van der Waals surface area contributed by atoms with Crippen molar-refractivity contribution in [2.24, 2.45) is 0 Å². The van der Waals surface area contributed by atoms with Crippen molar-refractivity contribution in [2.45, 2.75) is 13.5 Å². The minimum absolute atomic E-state index is 0.234. The Morgan fingerprint density at radius 2 is 1.97 bits per heavy atom. The number of benzene rings is 2. The first kappa shape index (κ1) is 19.8. The molecule has 1 amide bonds. The van der Waals surface area contributed by atoms with Crippen LogP contribution in [-0.4, -0.2) is 27.6 Å². The van der Waals surface area contributed by atoms with Crippen molar-refractivity contribution in [3.05, 3.63) is 82.5 Å². The van der Waals surface area contributed by atoms with Crippen LogP contribution in [0.5, 0.6) is 5.75 Å². The largest absolute Gasteiger partial charge is 0.497 e. The van der Waals surface area contributed by atoms with Crippen molar-refractivity contribution in [3.8, 4) is 16.9 Å². The van der Waals surface area contributed by atoms with Gasteiger partial charge in [-0.05, 0) is 36.8 Å². The number of fused-ring (bicyclic) bond motifs is 1. The molecule has 0 aliphatic heterocycles. The maximum absolute atomic E-state index is 14.3. The monoisotopic (exact) mass is 424 g/mol. The summed E-state index contributed by atoms with van der Waals surface area (Å²) in [7, 11) is 1.60. The van der Waals surface area contributed by atoms with Gasteiger partial charge in [-0.1, -0.05) is 29.8 Å². The molecule has 0 saturated carbocycles. The molecule has 8 heteroatoms. The van der Waals surface area contributed by atoms with E-state index in [9.17, 15) is 9.18 Å². The van der Waals surface area contributed by atoms with Crippen molar-refractivity contribution in [3.63, 3.8) is 0 Å². The van der Waals surface area contributed by atoms with Crippen LogP contribution in [0, 0.1) is 12.7 Å². The zero-order chi connectivity index (χ0) is 21.3. The van der Waals surface area contributed by atoms with E-state index in [1.165, 1.54) is 29.0 Å². The molecule has 152 valence electrons. The van der Waals surface area contributed by atoms with Gasteiger partial charge in [-0.25, -0.2) is 13.9 Å². The lowest BCUT2D eigenvalue weighted by atomic mass is 10.1. The summed E-state index contributed by atoms with van der Waals surface area (Å²) in [5.74, 6) is 0.0110. The number of methoxy groups -OCH3 is 1. The van der Waals surface area contributed by atoms with Crippen LogP contribution < -0.4 is 10.1 Å². The normalized spacial score (nSPS) is 10.9. The molecule has 0 aliphatic rings. The summed E-state index contributed by atoms with van der Waals surface area (Å²) in [6.45, 7) is 2.12. The Morgan fingerprint density at radius 1 is 1.20 bits per heavy atom. The molecule has 0 saturated heterocycles. The van der Waals surface area contributed by atoms with E-state index >= 15 is 0 Å². The lowest BCUT2D eigenvalue weighted by molar-refractivity contribution is 0.0949. The first-order valence-corrected chi connectivity index (χ1v) is 9.56. The van der Waals surface area contributed by atoms with Crippen molar-refractivity contribution >= 4 is 23.2 Å². The third-order valence-corrected chi connectivity index (χ3v) is 5.17. The van der Waals surface area contributed by atoms with Gasteiger partial charge in [-0.15, -0.1) is 0 Å². The average molecular weight is 425 g/mol.